The van der Waals surface area contributed by atoms with E-state index in [9.17, 15) is 9.90 Å². The minimum absolute atomic E-state index is 0.325. The fourth-order valence-electron chi connectivity index (χ4n) is 2.07. The number of aliphatic carboxylic acids is 1. The van der Waals surface area contributed by atoms with Gasteiger partial charge in [-0.2, -0.15) is 0 Å². The Bertz CT molecular complexity index is 316. The predicted molar refractivity (Wildman–Crippen MR) is 79.1 cm³/mol. The summed E-state index contributed by atoms with van der Waals surface area (Å²) in [6.07, 6.45) is 8.46. The highest BCUT2D eigenvalue weighted by Gasteiger charge is 2.20. The summed E-state index contributed by atoms with van der Waals surface area (Å²) < 4.78 is 0. The van der Waals surface area contributed by atoms with Gasteiger partial charge >= 0.3 is 5.97 Å². The lowest BCUT2D eigenvalue weighted by Crippen LogP contribution is -2.24. The molecule has 0 fully saturated rings. The van der Waals surface area contributed by atoms with Gasteiger partial charge in [-0.05, 0) is 52.4 Å². The maximum Gasteiger partial charge on any atom is 0.306 e. The molecule has 0 aliphatic rings. The Hall–Kier alpha value is -1.09. The van der Waals surface area contributed by atoms with Crippen LogP contribution in [0, 0.1) is 5.92 Å². The molecule has 0 spiro atoms. The number of allylic oxidation sites excluding steroid dienone is 3. The summed E-state index contributed by atoms with van der Waals surface area (Å²) in [6, 6.07) is 0. The molecule has 2 unspecified atom stereocenters. The summed E-state index contributed by atoms with van der Waals surface area (Å²) in [4.78, 5) is 10.7. The Morgan fingerprint density at radius 3 is 2.47 bits per heavy atom. The Morgan fingerprint density at radius 1 is 1.37 bits per heavy atom. The molecular formula is C16H28O3. The first-order valence-corrected chi connectivity index (χ1v) is 7.02. The van der Waals surface area contributed by atoms with Crippen molar-refractivity contribution in [1.82, 2.24) is 0 Å². The van der Waals surface area contributed by atoms with Gasteiger partial charge in [0, 0.05) is 0 Å². The molecule has 110 valence electrons. The van der Waals surface area contributed by atoms with Gasteiger partial charge in [0.25, 0.3) is 0 Å². The maximum atomic E-state index is 10.7. The smallest absolute Gasteiger partial charge is 0.306 e. The van der Waals surface area contributed by atoms with Crippen LogP contribution in [0.3, 0.4) is 0 Å². The van der Waals surface area contributed by atoms with Crippen molar-refractivity contribution in [2.75, 3.05) is 0 Å². The molecule has 0 aliphatic carbocycles. The third kappa shape index (κ3) is 9.48. The van der Waals surface area contributed by atoms with Crippen molar-refractivity contribution in [3.05, 3.63) is 24.3 Å². The summed E-state index contributed by atoms with van der Waals surface area (Å²) in [5, 5.41) is 19.0. The fraction of sp³-hybridized carbons (Fsp3) is 0.688. The van der Waals surface area contributed by atoms with Gasteiger partial charge in [0.1, 0.15) is 0 Å². The van der Waals surface area contributed by atoms with E-state index in [2.05, 4.69) is 13.5 Å². The maximum absolute atomic E-state index is 10.7. The van der Waals surface area contributed by atoms with Gasteiger partial charge in [-0.1, -0.05) is 31.2 Å². The van der Waals surface area contributed by atoms with E-state index in [1.165, 1.54) is 5.57 Å². The highest BCUT2D eigenvalue weighted by molar-refractivity contribution is 5.69. The normalized spacial score (nSPS) is 16.7. The van der Waals surface area contributed by atoms with Crippen molar-refractivity contribution in [2.24, 2.45) is 5.92 Å². The first-order valence-electron chi connectivity index (χ1n) is 7.02. The summed E-state index contributed by atoms with van der Waals surface area (Å²) in [6.45, 7) is 9.26. The highest BCUT2D eigenvalue weighted by Crippen LogP contribution is 2.23. The van der Waals surface area contributed by atoms with Crippen LogP contribution in [0.5, 0.6) is 0 Å². The average Bonchev–Trinajstić information content (AvgIpc) is 2.28. The average molecular weight is 268 g/mol. The SMILES string of the molecule is C=CC=C(C)CCCC(C)(O)CCCC(C)C(=O)O. The van der Waals surface area contributed by atoms with Crippen LogP contribution in [-0.4, -0.2) is 21.8 Å². The zero-order valence-electron chi connectivity index (χ0n) is 12.5. The lowest BCUT2D eigenvalue weighted by Gasteiger charge is -2.23. The summed E-state index contributed by atoms with van der Waals surface area (Å²) in [7, 11) is 0. The molecule has 0 heterocycles. The quantitative estimate of drug-likeness (QED) is 0.590. The van der Waals surface area contributed by atoms with Crippen molar-refractivity contribution < 1.29 is 15.0 Å². The minimum Gasteiger partial charge on any atom is -0.481 e. The molecule has 3 nitrogen and oxygen atoms in total. The molecule has 0 aromatic rings. The molecular weight excluding hydrogens is 240 g/mol. The van der Waals surface area contributed by atoms with Crippen LogP contribution in [0.2, 0.25) is 0 Å². The zero-order valence-corrected chi connectivity index (χ0v) is 12.5. The lowest BCUT2D eigenvalue weighted by molar-refractivity contribution is -0.141. The molecule has 0 saturated heterocycles. The van der Waals surface area contributed by atoms with Crippen molar-refractivity contribution in [3.63, 3.8) is 0 Å². The van der Waals surface area contributed by atoms with Crippen LogP contribution in [0.4, 0.5) is 0 Å². The second-order valence-corrected chi connectivity index (χ2v) is 5.73. The molecule has 2 N–H and O–H groups in total. The van der Waals surface area contributed by atoms with Crippen molar-refractivity contribution in [1.29, 1.82) is 0 Å². The molecule has 19 heavy (non-hydrogen) atoms. The second-order valence-electron chi connectivity index (χ2n) is 5.73. The number of hydrogen-bond donors (Lipinski definition) is 2. The van der Waals surface area contributed by atoms with Crippen LogP contribution in [-0.2, 0) is 4.79 Å². The van der Waals surface area contributed by atoms with E-state index < -0.39 is 11.6 Å². The van der Waals surface area contributed by atoms with E-state index in [0.717, 1.165) is 25.7 Å². The number of carbonyl (C=O) groups is 1. The van der Waals surface area contributed by atoms with E-state index in [4.69, 9.17) is 5.11 Å². The van der Waals surface area contributed by atoms with E-state index in [1.807, 2.05) is 13.0 Å². The van der Waals surface area contributed by atoms with Crippen molar-refractivity contribution >= 4 is 5.97 Å². The van der Waals surface area contributed by atoms with Crippen LogP contribution < -0.4 is 0 Å². The molecule has 0 aromatic carbocycles. The monoisotopic (exact) mass is 268 g/mol. The van der Waals surface area contributed by atoms with Crippen molar-refractivity contribution in [2.45, 2.75) is 64.9 Å². The van der Waals surface area contributed by atoms with E-state index >= 15 is 0 Å². The molecule has 2 atom stereocenters. The van der Waals surface area contributed by atoms with Crippen LogP contribution in [0.15, 0.2) is 24.3 Å². The first-order chi connectivity index (χ1) is 8.78. The lowest BCUT2D eigenvalue weighted by atomic mass is 9.90. The van der Waals surface area contributed by atoms with Crippen LogP contribution >= 0.6 is 0 Å². The van der Waals surface area contributed by atoms with Gasteiger partial charge in [0.2, 0.25) is 0 Å². The summed E-state index contributed by atoms with van der Waals surface area (Å²) >= 11 is 0. The van der Waals surface area contributed by atoms with E-state index in [1.54, 1.807) is 13.0 Å². The van der Waals surface area contributed by atoms with Crippen LogP contribution in [0.25, 0.3) is 0 Å². The van der Waals surface area contributed by atoms with Gasteiger partial charge in [0.05, 0.1) is 11.5 Å². The number of carboxylic acid groups (broad SMARTS) is 1. The highest BCUT2D eigenvalue weighted by atomic mass is 16.4. The Labute approximate surface area is 117 Å². The minimum atomic E-state index is -0.759. The topological polar surface area (TPSA) is 57.5 Å². The van der Waals surface area contributed by atoms with E-state index in [-0.39, 0.29) is 5.92 Å². The van der Waals surface area contributed by atoms with Crippen molar-refractivity contribution in [3.8, 4) is 0 Å². The van der Waals surface area contributed by atoms with Gasteiger partial charge in [-0.3, -0.25) is 4.79 Å². The first kappa shape index (κ1) is 17.9. The molecule has 0 aromatic heterocycles. The molecule has 0 rings (SSSR count). The molecule has 0 aliphatic heterocycles. The predicted octanol–water partition coefficient (Wildman–Crippen LogP) is 3.93. The van der Waals surface area contributed by atoms with Gasteiger partial charge < -0.3 is 10.2 Å². The van der Waals surface area contributed by atoms with E-state index in [0.29, 0.717) is 12.8 Å². The van der Waals surface area contributed by atoms with Crippen LogP contribution in [0.1, 0.15) is 59.3 Å². The Morgan fingerprint density at radius 2 is 1.95 bits per heavy atom. The van der Waals surface area contributed by atoms with Gasteiger partial charge in [-0.25, -0.2) is 0 Å². The number of carboxylic acids is 1. The number of aliphatic hydroxyl groups is 1. The third-order valence-corrected chi connectivity index (χ3v) is 3.46. The molecule has 0 radical (unpaired) electrons. The largest absolute Gasteiger partial charge is 0.481 e. The number of hydrogen-bond acceptors (Lipinski definition) is 2. The summed E-state index contributed by atoms with van der Waals surface area (Å²) in [5.41, 5.74) is 0.581. The molecule has 0 amide bonds. The molecule has 0 saturated carbocycles. The number of rotatable bonds is 10. The molecule has 0 bridgehead atoms. The Kier molecular flexibility index (Phi) is 8.41. The van der Waals surface area contributed by atoms with Gasteiger partial charge in [-0.15, -0.1) is 0 Å². The molecule has 3 heteroatoms. The zero-order chi connectivity index (χ0) is 14.9. The summed E-state index contributed by atoms with van der Waals surface area (Å²) in [5.74, 6) is -1.08. The standard InChI is InChI=1S/C16H28O3/c1-5-8-13(2)9-6-11-16(4,19)12-7-10-14(3)15(17)18/h5,8,14,19H,1,6-7,9-12H2,2-4H3,(H,17,18). The van der Waals surface area contributed by atoms with Gasteiger partial charge in [0.15, 0.2) is 0 Å². The fourth-order valence-corrected chi connectivity index (χ4v) is 2.07. The second kappa shape index (κ2) is 8.92. The Balaban J connectivity index is 3.89. The third-order valence-electron chi connectivity index (χ3n) is 3.46.